The van der Waals surface area contributed by atoms with Crippen molar-refractivity contribution in [1.82, 2.24) is 0 Å². The first-order valence-electron chi connectivity index (χ1n) is 24.0. The maximum Gasteiger partial charge on any atom is 0.0651 e. The molecule has 0 saturated heterocycles. The molecule has 0 radical (unpaired) electrons. The van der Waals surface area contributed by atoms with Crippen LogP contribution in [0.25, 0.3) is 65.7 Å². The molecule has 0 N–H and O–H groups in total. The smallest absolute Gasteiger partial charge is 0.0651 e. The lowest BCUT2D eigenvalue weighted by atomic mass is 9.93. The zero-order valence-electron chi connectivity index (χ0n) is 42.7. The van der Waals surface area contributed by atoms with Crippen molar-refractivity contribution in [3.05, 3.63) is 200 Å². The van der Waals surface area contributed by atoms with Crippen molar-refractivity contribution in [2.24, 2.45) is 0 Å². The molecule has 1 nitrogen and oxygen atoms in total. The van der Waals surface area contributed by atoms with Gasteiger partial charge < -0.3 is 4.90 Å². The van der Waals surface area contributed by atoms with E-state index in [1.165, 1.54) is 0 Å². The molecule has 49 heavy (non-hydrogen) atoms. The molecule has 0 aliphatic heterocycles. The van der Waals surface area contributed by atoms with E-state index < -0.39 is 131 Å². The lowest BCUT2D eigenvalue weighted by Crippen LogP contribution is -2.10. The predicted molar refractivity (Wildman–Crippen MR) is 210 cm³/mol. The van der Waals surface area contributed by atoms with Gasteiger partial charge in [0.2, 0.25) is 0 Å². The Morgan fingerprint density at radius 2 is 0.918 bits per heavy atom. The molecule has 0 aliphatic carbocycles. The quantitative estimate of drug-likeness (QED) is 0.163. The minimum Gasteiger partial charge on any atom is -0.310 e. The molecule has 1 heteroatoms. The van der Waals surface area contributed by atoms with Gasteiger partial charge in [0.25, 0.3) is 0 Å². The molecule has 0 aromatic heterocycles. The van der Waals surface area contributed by atoms with Gasteiger partial charge in [0.15, 0.2) is 0 Å². The van der Waals surface area contributed by atoms with E-state index in [0.29, 0.717) is 21.7 Å². The fourth-order valence-electron chi connectivity index (χ4n) is 6.09. The normalized spacial score (nSPS) is 16.1. The van der Waals surface area contributed by atoms with Gasteiger partial charge in [-0.25, -0.2) is 0 Å². The van der Waals surface area contributed by atoms with Crippen LogP contribution in [-0.4, -0.2) is 0 Å². The molecule has 0 bridgehead atoms. The average molecular weight is 641 g/mol. The second-order valence-electron chi connectivity index (χ2n) is 11.2. The van der Waals surface area contributed by atoms with Crippen molar-refractivity contribution in [2.75, 3.05) is 4.90 Å². The lowest BCUT2D eigenvalue weighted by Gasteiger charge is -2.26. The van der Waals surface area contributed by atoms with Gasteiger partial charge in [-0.3, -0.25) is 0 Å². The molecule has 0 saturated carbocycles. The topological polar surface area (TPSA) is 3.24 Å². The molecular formula is C48H33N. The van der Waals surface area contributed by atoms with E-state index in [4.69, 9.17) is 9.60 Å². The summed E-state index contributed by atoms with van der Waals surface area (Å²) in [6, 6.07) is 15.3. The van der Waals surface area contributed by atoms with Crippen LogP contribution in [0.5, 0.6) is 0 Å². The van der Waals surface area contributed by atoms with E-state index >= 15 is 0 Å². The number of anilines is 3. The van der Waals surface area contributed by atoms with Crippen molar-refractivity contribution in [1.29, 1.82) is 0 Å². The Morgan fingerprint density at radius 3 is 1.67 bits per heavy atom. The SMILES string of the molecule is [2H]c1c([2H])c([2H])c(-c2c([2H])c([2H])c(N(c3c([2H])c([2H])c(-c4cc5ccccc5c5ccccc45)c([2H])c3[2H])c3c([2H])c([2H])c([2H])c(-c4cccc5ccccc45)c3[2H])c([2H])c2[2H])c([2H])c1[2H]. The van der Waals surface area contributed by atoms with Crippen molar-refractivity contribution >= 4 is 49.4 Å². The highest BCUT2D eigenvalue weighted by Crippen LogP contribution is 2.41. The van der Waals surface area contributed by atoms with E-state index in [1.54, 1.807) is 60.7 Å². The van der Waals surface area contributed by atoms with E-state index in [2.05, 4.69) is 0 Å². The number of rotatable bonds is 6. The number of hydrogen-bond acceptors (Lipinski definition) is 1. The molecule has 0 aliphatic rings. The first kappa shape index (κ1) is 16.1. The maximum absolute atomic E-state index is 9.80. The highest BCUT2D eigenvalue weighted by atomic mass is 15.1. The van der Waals surface area contributed by atoms with E-state index in [0.717, 1.165) is 21.1 Å². The molecule has 9 aromatic carbocycles. The molecule has 0 fully saturated rings. The average Bonchev–Trinajstić information content (AvgIpc) is 3.32. The Morgan fingerprint density at radius 1 is 0.347 bits per heavy atom. The van der Waals surface area contributed by atoms with E-state index in [1.807, 2.05) is 36.4 Å². The van der Waals surface area contributed by atoms with Crippen LogP contribution >= 0.6 is 0 Å². The van der Waals surface area contributed by atoms with Crippen LogP contribution in [0.3, 0.4) is 0 Å². The van der Waals surface area contributed by atoms with Crippen LogP contribution in [0.15, 0.2) is 200 Å². The van der Waals surface area contributed by atoms with Crippen molar-refractivity contribution in [3.8, 4) is 33.4 Å². The predicted octanol–water partition coefficient (Wildman–Crippen LogP) is 13.6. The summed E-state index contributed by atoms with van der Waals surface area (Å²) < 4.78 is 155. The van der Waals surface area contributed by atoms with E-state index in [-0.39, 0.29) is 16.7 Å². The summed E-state index contributed by atoms with van der Waals surface area (Å²) in [4.78, 5) is 0.728. The van der Waals surface area contributed by atoms with Crippen molar-refractivity contribution < 1.29 is 23.3 Å². The van der Waals surface area contributed by atoms with Crippen LogP contribution in [0, 0.1) is 0 Å². The second-order valence-corrected chi connectivity index (χ2v) is 11.2. The summed E-state index contributed by atoms with van der Waals surface area (Å²) in [5.74, 6) is 0. The van der Waals surface area contributed by atoms with Crippen LogP contribution in [0.2, 0.25) is 0 Å². The minimum atomic E-state index is -0.966. The van der Waals surface area contributed by atoms with Gasteiger partial charge in [0, 0.05) is 17.1 Å². The Labute approximate surface area is 310 Å². The monoisotopic (exact) mass is 640 g/mol. The highest BCUT2D eigenvalue weighted by molar-refractivity contribution is 6.13. The van der Waals surface area contributed by atoms with Gasteiger partial charge >= 0.3 is 0 Å². The van der Waals surface area contributed by atoms with Crippen LogP contribution in [-0.2, 0) is 0 Å². The van der Waals surface area contributed by atoms with Crippen molar-refractivity contribution in [2.45, 2.75) is 0 Å². The summed E-state index contributed by atoms with van der Waals surface area (Å²) in [7, 11) is 0. The number of hydrogen-bond donors (Lipinski definition) is 0. The molecule has 0 heterocycles. The van der Waals surface area contributed by atoms with Crippen molar-refractivity contribution in [3.63, 3.8) is 0 Å². The summed E-state index contributed by atoms with van der Waals surface area (Å²) in [5.41, 5.74) is -3.17. The van der Waals surface area contributed by atoms with E-state index in [9.17, 15) is 13.7 Å². The Balaban J connectivity index is 1.43. The fourth-order valence-corrected chi connectivity index (χ4v) is 6.09. The standard InChI is InChI=1S/C48H33N/c1-2-12-34(13-3-1)35-24-28-40(29-25-35)49(42-18-10-17-38(32-42)44-23-11-16-36-14-4-6-19-43(36)44)41-30-26-37(27-31-41)48-33-39-15-5-7-20-45(39)46-21-8-9-22-47(46)48/h1-33H/i1D,2D,3D,10D,12D,13D,17D,18D,24D,25D,26D,27D,28D,29D,30D,31D,32D. The molecule has 0 spiro atoms. The first-order valence-corrected chi connectivity index (χ1v) is 15.5. The maximum atomic E-state index is 9.80. The Hall–Kier alpha value is -6.44. The molecule has 0 amide bonds. The summed E-state index contributed by atoms with van der Waals surface area (Å²) in [6.45, 7) is 0. The Bertz CT molecular complexity index is 3500. The largest absolute Gasteiger partial charge is 0.310 e. The Kier molecular flexibility index (Phi) is 4.04. The highest BCUT2D eigenvalue weighted by Gasteiger charge is 2.16. The van der Waals surface area contributed by atoms with Gasteiger partial charge in [0.05, 0.1) is 23.3 Å². The second kappa shape index (κ2) is 12.3. The third-order valence-corrected chi connectivity index (χ3v) is 8.35. The molecule has 230 valence electrons. The van der Waals surface area contributed by atoms with Gasteiger partial charge in [0.1, 0.15) is 0 Å². The number of benzene rings is 9. The summed E-state index contributed by atoms with van der Waals surface area (Å²) >= 11 is 0. The molecule has 0 atom stereocenters. The first-order chi connectivity index (χ1) is 31.4. The number of fused-ring (bicyclic) bond motifs is 4. The van der Waals surface area contributed by atoms with Gasteiger partial charge in [-0.05, 0) is 108 Å². The third-order valence-electron chi connectivity index (χ3n) is 8.35. The molecule has 9 aromatic rings. The lowest BCUT2D eigenvalue weighted by molar-refractivity contribution is 1.28. The van der Waals surface area contributed by atoms with Gasteiger partial charge in [-0.1, -0.05) is 157 Å². The van der Waals surface area contributed by atoms with Gasteiger partial charge in [-0.2, -0.15) is 0 Å². The fraction of sp³-hybridized carbons (Fsp3) is 0. The van der Waals surface area contributed by atoms with Crippen LogP contribution in [0.1, 0.15) is 23.3 Å². The third kappa shape index (κ3) is 5.32. The number of nitrogens with zero attached hydrogens (tertiary/aromatic N) is 1. The van der Waals surface area contributed by atoms with Gasteiger partial charge in [-0.15, -0.1) is 0 Å². The van der Waals surface area contributed by atoms with Crippen LogP contribution < -0.4 is 4.90 Å². The summed E-state index contributed by atoms with van der Waals surface area (Å²) in [6.07, 6.45) is 0. The zero-order valence-corrected chi connectivity index (χ0v) is 25.7. The molecule has 0 unspecified atom stereocenters. The van der Waals surface area contributed by atoms with Crippen LogP contribution in [0.4, 0.5) is 17.1 Å². The zero-order chi connectivity index (χ0) is 47.4. The minimum absolute atomic E-state index is 0.122. The molecular weight excluding hydrogens is 591 g/mol. The summed E-state index contributed by atoms with van der Waals surface area (Å²) in [5, 5.41) is 4.26. The molecule has 9 rings (SSSR count).